The van der Waals surface area contributed by atoms with Crippen LogP contribution in [0.2, 0.25) is 0 Å². The van der Waals surface area contributed by atoms with E-state index in [1.165, 1.54) is 6.07 Å². The highest BCUT2D eigenvalue weighted by molar-refractivity contribution is 7.89. The molecule has 0 heterocycles. The summed E-state index contributed by atoms with van der Waals surface area (Å²) in [5, 5.41) is 4.90. The number of rotatable bonds is 7. The van der Waals surface area contributed by atoms with Crippen LogP contribution >= 0.6 is 12.4 Å². The van der Waals surface area contributed by atoms with E-state index >= 15 is 0 Å². The number of hydrogen-bond acceptors (Lipinski definition) is 5. The van der Waals surface area contributed by atoms with Gasteiger partial charge >= 0.3 is 0 Å². The number of nitrogens with two attached hydrogens (primary N) is 1. The summed E-state index contributed by atoms with van der Waals surface area (Å²) in [6.07, 6.45) is 0. The second kappa shape index (κ2) is 9.71. The van der Waals surface area contributed by atoms with E-state index in [2.05, 4.69) is 15.4 Å². The molecule has 0 spiro atoms. The summed E-state index contributed by atoms with van der Waals surface area (Å²) in [7, 11) is -3.71. The summed E-state index contributed by atoms with van der Waals surface area (Å²) in [4.78, 5) is 22.8. The van der Waals surface area contributed by atoms with Gasteiger partial charge in [-0.25, -0.2) is 13.1 Å². The molecule has 8 nitrogen and oxygen atoms in total. The van der Waals surface area contributed by atoms with Crippen molar-refractivity contribution in [2.45, 2.75) is 37.8 Å². The number of carbonyl (C=O) groups excluding carboxylic acids is 2. The lowest BCUT2D eigenvalue weighted by Gasteiger charge is -2.21. The molecule has 25 heavy (non-hydrogen) atoms. The van der Waals surface area contributed by atoms with Crippen molar-refractivity contribution in [3.05, 3.63) is 29.8 Å². The van der Waals surface area contributed by atoms with Crippen molar-refractivity contribution in [2.24, 2.45) is 5.73 Å². The van der Waals surface area contributed by atoms with Crippen LogP contribution in [0.3, 0.4) is 0 Å². The van der Waals surface area contributed by atoms with Gasteiger partial charge in [0.15, 0.2) is 0 Å². The molecule has 1 rings (SSSR count). The lowest BCUT2D eigenvalue weighted by Crippen LogP contribution is -2.41. The third-order valence-corrected chi connectivity index (χ3v) is 4.67. The molecule has 5 N–H and O–H groups in total. The number of halogens is 1. The van der Waals surface area contributed by atoms with Gasteiger partial charge in [-0.3, -0.25) is 9.59 Å². The highest BCUT2D eigenvalue weighted by Crippen LogP contribution is 2.17. The van der Waals surface area contributed by atoms with Gasteiger partial charge in [-0.2, -0.15) is 0 Å². The molecule has 10 heteroatoms. The fraction of sp³-hybridized carbons (Fsp3) is 0.467. The zero-order valence-corrected chi connectivity index (χ0v) is 16.1. The SMILES string of the molecule is CC(C)(C)NS(=O)(=O)c1ccccc1CNC(=O)CNC(=O)CN.Cl. The molecule has 0 saturated heterocycles. The van der Waals surface area contributed by atoms with Gasteiger partial charge in [0.1, 0.15) is 0 Å². The molecule has 1 aromatic carbocycles. The minimum absolute atomic E-state index is 0. The Balaban J connectivity index is 0.00000576. The van der Waals surface area contributed by atoms with Crippen molar-refractivity contribution < 1.29 is 18.0 Å². The van der Waals surface area contributed by atoms with Crippen LogP contribution in [0.4, 0.5) is 0 Å². The normalized spacial score (nSPS) is 11.4. The molecule has 0 saturated carbocycles. The lowest BCUT2D eigenvalue weighted by molar-refractivity contribution is -0.125. The molecule has 2 amide bonds. The number of benzene rings is 1. The third kappa shape index (κ3) is 8.30. The molecule has 0 atom stereocenters. The van der Waals surface area contributed by atoms with Crippen LogP contribution in [-0.2, 0) is 26.2 Å². The number of hydrogen-bond donors (Lipinski definition) is 4. The van der Waals surface area contributed by atoms with Crippen LogP contribution in [-0.4, -0.2) is 38.9 Å². The Morgan fingerprint density at radius 2 is 1.68 bits per heavy atom. The Bertz CT molecular complexity index is 702. The number of sulfonamides is 1. The number of amides is 2. The molecule has 0 aliphatic rings. The average molecular weight is 393 g/mol. The van der Waals surface area contributed by atoms with E-state index in [1.54, 1.807) is 39.0 Å². The second-order valence-electron chi connectivity index (χ2n) is 6.22. The van der Waals surface area contributed by atoms with E-state index in [9.17, 15) is 18.0 Å². The maximum absolute atomic E-state index is 12.5. The quantitative estimate of drug-likeness (QED) is 0.513. The largest absolute Gasteiger partial charge is 0.350 e. The van der Waals surface area contributed by atoms with Gasteiger partial charge in [0.2, 0.25) is 21.8 Å². The van der Waals surface area contributed by atoms with E-state index in [-0.39, 0.29) is 36.9 Å². The van der Waals surface area contributed by atoms with Gasteiger partial charge in [-0.05, 0) is 32.4 Å². The molecular weight excluding hydrogens is 368 g/mol. The van der Waals surface area contributed by atoms with Crippen LogP contribution in [0.5, 0.6) is 0 Å². The van der Waals surface area contributed by atoms with Gasteiger partial charge in [0.25, 0.3) is 0 Å². The minimum Gasteiger partial charge on any atom is -0.350 e. The van der Waals surface area contributed by atoms with Crippen LogP contribution in [0, 0.1) is 0 Å². The molecule has 0 unspecified atom stereocenters. The predicted octanol–water partition coefficient (Wildman–Crippen LogP) is -0.124. The van der Waals surface area contributed by atoms with Gasteiger partial charge in [-0.1, -0.05) is 18.2 Å². The zero-order valence-electron chi connectivity index (χ0n) is 14.5. The highest BCUT2D eigenvalue weighted by Gasteiger charge is 2.24. The maximum atomic E-state index is 12.5. The molecule has 142 valence electrons. The van der Waals surface area contributed by atoms with Crippen molar-refractivity contribution >= 4 is 34.2 Å². The molecule has 0 fully saturated rings. The molecule has 0 aliphatic heterocycles. The fourth-order valence-corrected chi connectivity index (χ4v) is 3.54. The first-order valence-electron chi connectivity index (χ1n) is 7.40. The standard InChI is InChI=1S/C15H24N4O4S.ClH/c1-15(2,3)19-24(22,23)12-7-5-4-6-11(12)9-17-14(21)10-18-13(20)8-16;/h4-7,19H,8-10,16H2,1-3H3,(H,17,21)(H,18,20);1H. The monoisotopic (exact) mass is 392 g/mol. The Hall–Kier alpha value is -1.68. The number of nitrogens with one attached hydrogen (secondary N) is 3. The zero-order chi connectivity index (χ0) is 18.4. The second-order valence-corrected chi connectivity index (χ2v) is 7.87. The summed E-state index contributed by atoms with van der Waals surface area (Å²) in [5.74, 6) is -0.879. The Morgan fingerprint density at radius 1 is 1.08 bits per heavy atom. The summed E-state index contributed by atoms with van der Waals surface area (Å²) >= 11 is 0. The molecule has 0 radical (unpaired) electrons. The topological polar surface area (TPSA) is 130 Å². The molecular formula is C15H25ClN4O4S. The molecule has 1 aromatic rings. The first-order valence-corrected chi connectivity index (χ1v) is 8.89. The lowest BCUT2D eigenvalue weighted by atomic mass is 10.1. The Kier molecular flexibility index (Phi) is 9.06. The first-order chi connectivity index (χ1) is 11.0. The molecule has 0 aromatic heterocycles. The minimum atomic E-state index is -3.71. The van der Waals surface area contributed by atoms with Crippen molar-refractivity contribution in [3.8, 4) is 0 Å². The fourth-order valence-electron chi connectivity index (χ4n) is 1.88. The van der Waals surface area contributed by atoms with Gasteiger partial charge in [0, 0.05) is 12.1 Å². The molecule has 0 aliphatic carbocycles. The van der Waals surface area contributed by atoms with Crippen LogP contribution < -0.4 is 21.1 Å². The maximum Gasteiger partial charge on any atom is 0.241 e. The Morgan fingerprint density at radius 3 is 2.24 bits per heavy atom. The van der Waals surface area contributed by atoms with Crippen LogP contribution in [0.25, 0.3) is 0 Å². The molecule has 0 bridgehead atoms. The van der Waals surface area contributed by atoms with Gasteiger partial charge in [0.05, 0.1) is 18.0 Å². The van der Waals surface area contributed by atoms with E-state index in [1.807, 2.05) is 0 Å². The van der Waals surface area contributed by atoms with Crippen molar-refractivity contribution in [3.63, 3.8) is 0 Å². The van der Waals surface area contributed by atoms with E-state index in [0.29, 0.717) is 5.56 Å². The summed E-state index contributed by atoms with van der Waals surface area (Å²) < 4.78 is 27.5. The van der Waals surface area contributed by atoms with Crippen LogP contribution in [0.1, 0.15) is 26.3 Å². The third-order valence-electron chi connectivity index (χ3n) is 2.81. The summed E-state index contributed by atoms with van der Waals surface area (Å²) in [6, 6.07) is 6.40. The van der Waals surface area contributed by atoms with Crippen molar-refractivity contribution in [1.82, 2.24) is 15.4 Å². The summed E-state index contributed by atoms with van der Waals surface area (Å²) in [5.41, 5.74) is 4.95. The first kappa shape index (κ1) is 23.3. The van der Waals surface area contributed by atoms with E-state index in [0.717, 1.165) is 0 Å². The van der Waals surface area contributed by atoms with E-state index < -0.39 is 27.4 Å². The van der Waals surface area contributed by atoms with Gasteiger partial charge < -0.3 is 16.4 Å². The van der Waals surface area contributed by atoms with Crippen molar-refractivity contribution in [1.29, 1.82) is 0 Å². The average Bonchev–Trinajstić information content (AvgIpc) is 2.48. The number of carbonyl (C=O) groups is 2. The van der Waals surface area contributed by atoms with Crippen LogP contribution in [0.15, 0.2) is 29.2 Å². The van der Waals surface area contributed by atoms with Crippen molar-refractivity contribution in [2.75, 3.05) is 13.1 Å². The summed E-state index contributed by atoms with van der Waals surface area (Å²) in [6.45, 7) is 4.84. The predicted molar refractivity (Wildman–Crippen MR) is 97.7 cm³/mol. The highest BCUT2D eigenvalue weighted by atomic mass is 35.5. The Labute approximate surface area is 154 Å². The smallest absolute Gasteiger partial charge is 0.241 e. The van der Waals surface area contributed by atoms with E-state index in [4.69, 9.17) is 5.73 Å². The van der Waals surface area contributed by atoms with Gasteiger partial charge in [-0.15, -0.1) is 12.4 Å².